The van der Waals surface area contributed by atoms with Crippen molar-refractivity contribution in [2.45, 2.75) is 12.5 Å². The lowest BCUT2D eigenvalue weighted by Gasteiger charge is -2.22. The standard InChI is InChI=1S/C25H27N3O4/c1-27(2)18-9-10-28(14-18)24-13-17(19-5-4-6-22-25(19)32-15-31-22)11-20(26-24)16-7-8-21(29)23(12-16)30-3/h4-8,11-13,18,29H,9-10,14-15H2,1-3H3. The minimum Gasteiger partial charge on any atom is -0.504 e. The molecule has 0 spiro atoms. The Morgan fingerprint density at radius 3 is 2.75 bits per heavy atom. The fraction of sp³-hybridized carbons (Fsp3) is 0.320. The Morgan fingerprint density at radius 1 is 1.09 bits per heavy atom. The van der Waals surface area contributed by atoms with E-state index in [1.54, 1.807) is 13.2 Å². The molecule has 2 aromatic carbocycles. The minimum atomic E-state index is 0.104. The molecule has 3 aromatic rings. The van der Waals surface area contributed by atoms with Gasteiger partial charge in [-0.3, -0.25) is 0 Å². The van der Waals surface area contributed by atoms with Crippen LogP contribution in [0.25, 0.3) is 22.4 Å². The number of para-hydroxylation sites is 1. The van der Waals surface area contributed by atoms with E-state index in [0.717, 1.165) is 59.2 Å². The molecule has 1 saturated heterocycles. The predicted octanol–water partition coefficient (Wildman–Crippen LogP) is 4.00. The van der Waals surface area contributed by atoms with E-state index in [-0.39, 0.29) is 12.5 Å². The van der Waals surface area contributed by atoms with Gasteiger partial charge >= 0.3 is 0 Å². The Kier molecular flexibility index (Phi) is 5.27. The molecule has 1 unspecified atom stereocenters. The van der Waals surface area contributed by atoms with Crippen LogP contribution in [0, 0.1) is 0 Å². The van der Waals surface area contributed by atoms with E-state index in [0.29, 0.717) is 11.8 Å². The highest BCUT2D eigenvalue weighted by Gasteiger charge is 2.26. The highest BCUT2D eigenvalue weighted by Crippen LogP contribution is 2.43. The van der Waals surface area contributed by atoms with Crippen LogP contribution >= 0.6 is 0 Å². The van der Waals surface area contributed by atoms with E-state index in [1.807, 2.05) is 36.4 Å². The molecule has 2 aliphatic heterocycles. The van der Waals surface area contributed by atoms with Gasteiger partial charge in [0, 0.05) is 30.3 Å². The Bertz CT molecular complexity index is 1150. The first-order valence-corrected chi connectivity index (χ1v) is 10.7. The van der Waals surface area contributed by atoms with E-state index >= 15 is 0 Å². The van der Waals surface area contributed by atoms with Crippen molar-refractivity contribution in [3.05, 3.63) is 48.5 Å². The molecule has 7 heteroatoms. The zero-order chi connectivity index (χ0) is 22.2. The van der Waals surface area contributed by atoms with Crippen LogP contribution < -0.4 is 19.1 Å². The number of hydrogen-bond donors (Lipinski definition) is 1. The number of ether oxygens (including phenoxy) is 3. The second-order valence-corrected chi connectivity index (χ2v) is 8.38. The monoisotopic (exact) mass is 433 g/mol. The van der Waals surface area contributed by atoms with Crippen LogP contribution in [0.15, 0.2) is 48.5 Å². The van der Waals surface area contributed by atoms with Crippen LogP contribution in [0.2, 0.25) is 0 Å². The third kappa shape index (κ3) is 3.69. The summed E-state index contributed by atoms with van der Waals surface area (Å²) in [5.41, 5.74) is 3.66. The van der Waals surface area contributed by atoms with Gasteiger partial charge in [0.25, 0.3) is 0 Å². The first-order valence-electron chi connectivity index (χ1n) is 10.7. The van der Waals surface area contributed by atoms with Crippen molar-refractivity contribution in [3.63, 3.8) is 0 Å². The molecule has 0 saturated carbocycles. The summed E-state index contributed by atoms with van der Waals surface area (Å²) in [5.74, 6) is 2.95. The Labute approximate surface area is 187 Å². The van der Waals surface area contributed by atoms with Gasteiger partial charge < -0.3 is 29.1 Å². The maximum atomic E-state index is 10.0. The largest absolute Gasteiger partial charge is 0.504 e. The normalized spacial score (nSPS) is 17.2. The number of phenols is 1. The van der Waals surface area contributed by atoms with Gasteiger partial charge in [0.05, 0.1) is 12.8 Å². The highest BCUT2D eigenvalue weighted by molar-refractivity contribution is 5.80. The Balaban J connectivity index is 1.63. The molecule has 0 amide bonds. The van der Waals surface area contributed by atoms with Crippen LogP contribution in [0.4, 0.5) is 5.82 Å². The van der Waals surface area contributed by atoms with Gasteiger partial charge in [-0.2, -0.15) is 0 Å². The molecule has 0 aliphatic carbocycles. The third-order valence-corrected chi connectivity index (χ3v) is 6.21. The number of anilines is 1. The molecular formula is C25H27N3O4. The molecule has 3 heterocycles. The summed E-state index contributed by atoms with van der Waals surface area (Å²) in [6.45, 7) is 2.10. The van der Waals surface area contributed by atoms with E-state index in [9.17, 15) is 5.11 Å². The minimum absolute atomic E-state index is 0.104. The number of pyridine rings is 1. The molecule has 0 bridgehead atoms. The zero-order valence-electron chi connectivity index (χ0n) is 18.5. The van der Waals surface area contributed by atoms with Crippen LogP contribution in [0.3, 0.4) is 0 Å². The van der Waals surface area contributed by atoms with Crippen molar-refractivity contribution in [2.75, 3.05) is 46.0 Å². The number of likely N-dealkylation sites (N-methyl/N-ethyl adjacent to an activating group) is 1. The first kappa shape index (κ1) is 20.5. The fourth-order valence-electron chi connectivity index (χ4n) is 4.35. The van der Waals surface area contributed by atoms with Crippen LogP contribution in [0.5, 0.6) is 23.0 Å². The number of hydrogen-bond acceptors (Lipinski definition) is 7. The molecule has 1 aromatic heterocycles. The van der Waals surface area contributed by atoms with Crippen molar-refractivity contribution in [1.29, 1.82) is 0 Å². The molecular weight excluding hydrogens is 406 g/mol. The number of aromatic hydroxyl groups is 1. The van der Waals surface area contributed by atoms with Gasteiger partial charge in [-0.25, -0.2) is 4.98 Å². The number of phenolic OH excluding ortho intramolecular Hbond substituents is 1. The average molecular weight is 434 g/mol. The summed E-state index contributed by atoms with van der Waals surface area (Å²) in [7, 11) is 5.79. The third-order valence-electron chi connectivity index (χ3n) is 6.21. The van der Waals surface area contributed by atoms with Crippen molar-refractivity contribution in [2.24, 2.45) is 0 Å². The summed E-state index contributed by atoms with van der Waals surface area (Å²) in [6, 6.07) is 15.9. The van der Waals surface area contributed by atoms with Crippen molar-refractivity contribution >= 4 is 5.82 Å². The van der Waals surface area contributed by atoms with Gasteiger partial charge in [0.1, 0.15) is 5.82 Å². The number of benzene rings is 2. The summed E-state index contributed by atoms with van der Waals surface area (Å²) >= 11 is 0. The van der Waals surface area contributed by atoms with Gasteiger partial charge in [-0.1, -0.05) is 12.1 Å². The van der Waals surface area contributed by atoms with Crippen molar-refractivity contribution < 1.29 is 19.3 Å². The topological polar surface area (TPSA) is 67.3 Å². The second kappa shape index (κ2) is 8.24. The highest BCUT2D eigenvalue weighted by atomic mass is 16.7. The van der Waals surface area contributed by atoms with Crippen LogP contribution in [-0.2, 0) is 0 Å². The molecule has 166 valence electrons. The predicted molar refractivity (Wildman–Crippen MR) is 124 cm³/mol. The Morgan fingerprint density at radius 2 is 1.97 bits per heavy atom. The van der Waals surface area contributed by atoms with Crippen LogP contribution in [-0.4, -0.2) is 62.1 Å². The Hall–Kier alpha value is -3.45. The molecule has 0 radical (unpaired) electrons. The SMILES string of the molecule is COc1cc(-c2cc(-c3cccc4c3OCO4)cc(N3CCC(N(C)C)C3)n2)ccc1O. The molecule has 2 aliphatic rings. The maximum Gasteiger partial charge on any atom is 0.231 e. The first-order chi connectivity index (χ1) is 15.5. The maximum absolute atomic E-state index is 10.0. The summed E-state index contributed by atoms with van der Waals surface area (Å²) in [5, 5.41) is 10.0. The second-order valence-electron chi connectivity index (χ2n) is 8.38. The lowest BCUT2D eigenvalue weighted by Crippen LogP contribution is -2.31. The number of rotatable bonds is 5. The van der Waals surface area contributed by atoms with E-state index < -0.39 is 0 Å². The summed E-state index contributed by atoms with van der Waals surface area (Å²) in [6.07, 6.45) is 1.10. The number of methoxy groups -OCH3 is 1. The van der Waals surface area contributed by atoms with Crippen LogP contribution in [0.1, 0.15) is 6.42 Å². The van der Waals surface area contributed by atoms with E-state index in [2.05, 4.69) is 30.0 Å². The lowest BCUT2D eigenvalue weighted by atomic mass is 10.0. The number of fused-ring (bicyclic) bond motifs is 1. The molecule has 5 rings (SSSR count). The molecule has 1 fully saturated rings. The van der Waals surface area contributed by atoms with Crippen molar-refractivity contribution in [3.8, 4) is 45.4 Å². The van der Waals surface area contributed by atoms with E-state index in [1.165, 1.54) is 0 Å². The van der Waals surface area contributed by atoms with Gasteiger partial charge in [0.15, 0.2) is 23.0 Å². The molecule has 1 N–H and O–H groups in total. The summed E-state index contributed by atoms with van der Waals surface area (Å²) in [4.78, 5) is 9.60. The number of aromatic nitrogens is 1. The van der Waals surface area contributed by atoms with E-state index in [4.69, 9.17) is 19.2 Å². The lowest BCUT2D eigenvalue weighted by molar-refractivity contribution is 0.174. The number of nitrogens with zero attached hydrogens (tertiary/aromatic N) is 3. The quantitative estimate of drug-likeness (QED) is 0.652. The molecule has 1 atom stereocenters. The van der Waals surface area contributed by atoms with Gasteiger partial charge in [-0.05, 0) is 62.5 Å². The molecule has 32 heavy (non-hydrogen) atoms. The zero-order valence-corrected chi connectivity index (χ0v) is 18.5. The van der Waals surface area contributed by atoms with Gasteiger partial charge in [0.2, 0.25) is 6.79 Å². The molecule has 7 nitrogen and oxygen atoms in total. The summed E-state index contributed by atoms with van der Waals surface area (Å²) < 4.78 is 16.7. The fourth-order valence-corrected chi connectivity index (χ4v) is 4.35. The smallest absolute Gasteiger partial charge is 0.231 e. The average Bonchev–Trinajstić information content (AvgIpc) is 3.49. The van der Waals surface area contributed by atoms with Crippen molar-refractivity contribution in [1.82, 2.24) is 9.88 Å². The van der Waals surface area contributed by atoms with Gasteiger partial charge in [-0.15, -0.1) is 0 Å².